The van der Waals surface area contributed by atoms with Gasteiger partial charge >= 0.3 is 5.97 Å². The molecule has 0 saturated carbocycles. The molecule has 1 rings (SSSR count). The Morgan fingerprint density at radius 3 is 2.25 bits per heavy atom. The largest absolute Gasteiger partial charge is 0.496 e. The molecule has 24 heavy (non-hydrogen) atoms. The van der Waals surface area contributed by atoms with Crippen LogP contribution in [0.4, 0.5) is 0 Å². The fourth-order valence-electron chi connectivity index (χ4n) is 2.65. The predicted octanol–water partition coefficient (Wildman–Crippen LogP) is 2.07. The van der Waals surface area contributed by atoms with Crippen molar-refractivity contribution in [3.8, 4) is 5.75 Å². The fraction of sp³-hybridized carbons (Fsp3) is 0.562. The summed E-state index contributed by atoms with van der Waals surface area (Å²) in [5.74, 6) is 0.426. The Morgan fingerprint density at radius 2 is 1.79 bits per heavy atom. The summed E-state index contributed by atoms with van der Waals surface area (Å²) in [4.78, 5) is 11.5. The maximum absolute atomic E-state index is 11.5. The van der Waals surface area contributed by atoms with Crippen molar-refractivity contribution in [1.82, 2.24) is 0 Å². The molecule has 0 radical (unpaired) electrons. The number of esters is 1. The van der Waals surface area contributed by atoms with Gasteiger partial charge in [0.05, 0.1) is 20.6 Å². The van der Waals surface area contributed by atoms with Crippen LogP contribution in [0.25, 0.3) is 0 Å². The smallest absolute Gasteiger partial charge is 0.309 e. The first-order valence-electron chi connectivity index (χ1n) is 7.98. The number of hydrogen-bond donors (Lipinski definition) is 0. The van der Waals surface area contributed by atoms with E-state index in [1.54, 1.807) is 7.11 Å². The molecular formula is C16H27BrO5Si2. The minimum atomic E-state index is -0.616. The van der Waals surface area contributed by atoms with Crippen LogP contribution in [0.3, 0.4) is 0 Å². The van der Waals surface area contributed by atoms with E-state index in [-0.39, 0.29) is 24.1 Å². The van der Waals surface area contributed by atoms with Crippen molar-refractivity contribution in [3.63, 3.8) is 0 Å². The van der Waals surface area contributed by atoms with Gasteiger partial charge in [-0.3, -0.25) is 4.79 Å². The van der Waals surface area contributed by atoms with E-state index in [4.69, 9.17) is 18.3 Å². The van der Waals surface area contributed by atoms with Crippen molar-refractivity contribution in [2.75, 3.05) is 14.2 Å². The fourth-order valence-corrected chi connectivity index (χ4v) is 5.47. The number of methoxy groups -OCH3 is 2. The molecule has 0 fully saturated rings. The topological polar surface area (TPSA) is 54.0 Å². The molecule has 0 atom stereocenters. The highest BCUT2D eigenvalue weighted by Gasteiger charge is 2.36. The van der Waals surface area contributed by atoms with Crippen molar-refractivity contribution < 1.29 is 23.1 Å². The lowest BCUT2D eigenvalue weighted by Gasteiger charge is -2.36. The summed E-state index contributed by atoms with van der Waals surface area (Å²) in [5.41, 5.74) is 1.42. The molecule has 0 bridgehead atoms. The predicted molar refractivity (Wildman–Crippen MR) is 104 cm³/mol. The first kappa shape index (κ1) is 21.4. The third kappa shape index (κ3) is 5.16. The summed E-state index contributed by atoms with van der Waals surface area (Å²) in [6, 6.07) is 3.81. The molecule has 0 N–H and O–H groups in total. The van der Waals surface area contributed by atoms with Gasteiger partial charge in [-0.1, -0.05) is 42.9 Å². The standard InChI is InChI=1S/C16H27BrO5Si2/c1-16(2,15(21-23-5)22-24-6)14-11(17)7-10(8-12(14)19-3)9-13(18)20-4/h7-8,15H,9,23-24H2,1-6H3. The maximum atomic E-state index is 11.5. The number of carbonyl (C=O) groups excluding carboxylic acids is 1. The van der Waals surface area contributed by atoms with E-state index in [2.05, 4.69) is 42.9 Å². The second-order valence-electron chi connectivity index (χ2n) is 5.87. The minimum Gasteiger partial charge on any atom is -0.496 e. The van der Waals surface area contributed by atoms with Gasteiger partial charge in [0.25, 0.3) is 0 Å². The second-order valence-corrected chi connectivity index (χ2v) is 8.55. The second kappa shape index (κ2) is 9.72. The summed E-state index contributed by atoms with van der Waals surface area (Å²) in [5, 5.41) is 0. The molecule has 0 unspecified atom stereocenters. The van der Waals surface area contributed by atoms with Gasteiger partial charge in [0, 0.05) is 15.5 Å². The molecule has 0 saturated heterocycles. The van der Waals surface area contributed by atoms with Gasteiger partial charge in [0.2, 0.25) is 0 Å². The zero-order valence-corrected chi connectivity index (χ0v) is 19.7. The number of halogens is 1. The van der Waals surface area contributed by atoms with Gasteiger partial charge in [0.1, 0.15) is 12.0 Å². The Morgan fingerprint density at radius 1 is 1.21 bits per heavy atom. The third-order valence-electron chi connectivity index (χ3n) is 3.78. The van der Waals surface area contributed by atoms with Crippen LogP contribution in [0.1, 0.15) is 25.0 Å². The third-order valence-corrected chi connectivity index (χ3v) is 5.68. The highest BCUT2D eigenvalue weighted by Crippen LogP contribution is 2.41. The molecule has 0 aliphatic rings. The van der Waals surface area contributed by atoms with Gasteiger partial charge in [-0.15, -0.1) is 0 Å². The van der Waals surface area contributed by atoms with Crippen LogP contribution in [0.2, 0.25) is 13.1 Å². The van der Waals surface area contributed by atoms with Crippen molar-refractivity contribution in [3.05, 3.63) is 27.7 Å². The first-order valence-corrected chi connectivity index (χ1v) is 12.8. The Kier molecular flexibility index (Phi) is 8.65. The maximum Gasteiger partial charge on any atom is 0.309 e. The Bertz CT molecular complexity index is 560. The van der Waals surface area contributed by atoms with Gasteiger partial charge in [-0.05, 0) is 17.7 Å². The zero-order valence-electron chi connectivity index (χ0n) is 15.3. The molecule has 0 aliphatic carbocycles. The average molecular weight is 435 g/mol. The van der Waals surface area contributed by atoms with Crippen LogP contribution < -0.4 is 4.74 Å². The lowest BCUT2D eigenvalue weighted by molar-refractivity contribution is -0.139. The number of ether oxygens (including phenoxy) is 2. The van der Waals surface area contributed by atoms with E-state index in [1.165, 1.54) is 7.11 Å². The van der Waals surface area contributed by atoms with Crippen LogP contribution in [-0.2, 0) is 30.2 Å². The first-order chi connectivity index (χ1) is 11.3. The van der Waals surface area contributed by atoms with Gasteiger partial charge in [-0.25, -0.2) is 0 Å². The number of carbonyl (C=O) groups is 1. The Hall–Kier alpha value is -0.676. The molecule has 0 heterocycles. The van der Waals surface area contributed by atoms with Gasteiger partial charge in [0.15, 0.2) is 19.5 Å². The van der Waals surface area contributed by atoms with Crippen LogP contribution in [0.15, 0.2) is 16.6 Å². The molecule has 0 aliphatic heterocycles. The summed E-state index contributed by atoms with van der Waals surface area (Å²) in [6.07, 6.45) is -0.0886. The van der Waals surface area contributed by atoms with E-state index in [0.29, 0.717) is 5.75 Å². The summed E-state index contributed by atoms with van der Waals surface area (Å²) in [7, 11) is 1.78. The van der Waals surface area contributed by atoms with E-state index in [0.717, 1.165) is 15.6 Å². The summed E-state index contributed by atoms with van der Waals surface area (Å²) < 4.78 is 23.2. The van der Waals surface area contributed by atoms with E-state index < -0.39 is 19.5 Å². The van der Waals surface area contributed by atoms with Crippen molar-refractivity contribution in [2.24, 2.45) is 0 Å². The minimum absolute atomic E-state index is 0.201. The van der Waals surface area contributed by atoms with Gasteiger partial charge < -0.3 is 18.3 Å². The molecule has 1 aromatic carbocycles. The number of benzene rings is 1. The Balaban J connectivity index is 3.32. The van der Waals surface area contributed by atoms with Crippen molar-refractivity contribution >= 4 is 41.4 Å². The molecule has 136 valence electrons. The highest BCUT2D eigenvalue weighted by molar-refractivity contribution is 9.10. The molecule has 0 spiro atoms. The Labute approximate surface area is 157 Å². The lowest BCUT2D eigenvalue weighted by Crippen LogP contribution is -2.40. The molecule has 8 heteroatoms. The summed E-state index contributed by atoms with van der Waals surface area (Å²) >= 11 is 3.64. The monoisotopic (exact) mass is 434 g/mol. The molecule has 5 nitrogen and oxygen atoms in total. The number of hydrogen-bond acceptors (Lipinski definition) is 5. The van der Waals surface area contributed by atoms with Gasteiger partial charge in [-0.2, -0.15) is 0 Å². The van der Waals surface area contributed by atoms with Crippen molar-refractivity contribution in [2.45, 2.75) is 45.1 Å². The molecule has 0 amide bonds. The molecule has 1 aromatic rings. The SMILES string of the molecule is COC(=O)Cc1cc(Br)c(C(C)(C)C(O[SiH2]C)O[SiH2]C)c(OC)c1. The molecular weight excluding hydrogens is 408 g/mol. The quantitative estimate of drug-likeness (QED) is 0.338. The summed E-state index contributed by atoms with van der Waals surface area (Å²) in [6.45, 7) is 8.37. The highest BCUT2D eigenvalue weighted by atomic mass is 79.9. The van der Waals surface area contributed by atoms with E-state index in [9.17, 15) is 4.79 Å². The zero-order chi connectivity index (χ0) is 18.3. The van der Waals surface area contributed by atoms with Crippen LogP contribution >= 0.6 is 15.9 Å². The van der Waals surface area contributed by atoms with Crippen LogP contribution in [0.5, 0.6) is 5.75 Å². The molecule has 0 aromatic heterocycles. The van der Waals surface area contributed by atoms with Crippen LogP contribution in [-0.4, -0.2) is 46.0 Å². The normalized spacial score (nSPS) is 13.8. The van der Waals surface area contributed by atoms with Crippen molar-refractivity contribution in [1.29, 1.82) is 0 Å². The van der Waals surface area contributed by atoms with Crippen LogP contribution in [0, 0.1) is 0 Å². The van der Waals surface area contributed by atoms with E-state index in [1.807, 2.05) is 12.1 Å². The lowest BCUT2D eigenvalue weighted by atomic mass is 9.82. The average Bonchev–Trinajstić information content (AvgIpc) is 2.53. The van der Waals surface area contributed by atoms with E-state index >= 15 is 0 Å². The number of rotatable bonds is 9.